The molecule has 0 aliphatic carbocycles. The van der Waals surface area contributed by atoms with E-state index in [4.69, 9.17) is 4.74 Å². The Hall–Kier alpha value is -3.45. The van der Waals surface area contributed by atoms with Crippen molar-refractivity contribution in [1.82, 2.24) is 14.5 Å². The molecule has 7 heteroatoms. The van der Waals surface area contributed by atoms with E-state index in [0.29, 0.717) is 28.7 Å². The number of hydrogen-bond acceptors (Lipinski definition) is 4. The maximum atomic E-state index is 12.4. The summed E-state index contributed by atoms with van der Waals surface area (Å²) in [7, 11) is 0. The fraction of sp³-hybridized carbons (Fsp3) is 0.0455. The van der Waals surface area contributed by atoms with Gasteiger partial charge in [-0.3, -0.25) is 4.79 Å². The first kappa shape index (κ1) is 18.9. The van der Waals surface area contributed by atoms with Gasteiger partial charge in [-0.25, -0.2) is 4.98 Å². The summed E-state index contributed by atoms with van der Waals surface area (Å²) >= 11 is 3.39. The molecule has 0 aliphatic rings. The third-order valence-corrected chi connectivity index (χ3v) is 4.81. The summed E-state index contributed by atoms with van der Waals surface area (Å²) in [6, 6.07) is 20.0. The molecule has 0 atom stereocenters. The number of halogens is 1. The smallest absolute Gasteiger partial charge is 0.256 e. The monoisotopic (exact) mass is 448 g/mol. The summed E-state index contributed by atoms with van der Waals surface area (Å²) in [6.07, 6.45) is 3.82. The largest absolute Gasteiger partial charge is 0.439 e. The molecule has 29 heavy (non-hydrogen) atoms. The molecule has 0 radical (unpaired) electrons. The first-order valence-electron chi connectivity index (χ1n) is 8.91. The van der Waals surface area contributed by atoms with Crippen LogP contribution in [-0.2, 0) is 0 Å². The molecule has 144 valence electrons. The Morgan fingerprint density at radius 2 is 1.72 bits per heavy atom. The number of carbonyl (C=O) groups is 1. The van der Waals surface area contributed by atoms with E-state index < -0.39 is 0 Å². The summed E-state index contributed by atoms with van der Waals surface area (Å²) in [5.74, 6) is 2.22. The van der Waals surface area contributed by atoms with E-state index in [0.717, 1.165) is 10.3 Å². The van der Waals surface area contributed by atoms with Crippen LogP contribution in [-0.4, -0.2) is 20.4 Å². The maximum absolute atomic E-state index is 12.4. The Balaban J connectivity index is 1.48. The van der Waals surface area contributed by atoms with Crippen LogP contribution < -0.4 is 10.1 Å². The molecule has 4 aromatic rings. The van der Waals surface area contributed by atoms with Gasteiger partial charge in [0.1, 0.15) is 17.4 Å². The van der Waals surface area contributed by atoms with Crippen molar-refractivity contribution >= 4 is 27.5 Å². The number of hydrogen-bond donors (Lipinski definition) is 1. The summed E-state index contributed by atoms with van der Waals surface area (Å²) in [5.41, 5.74) is 1.24. The minimum atomic E-state index is -0.186. The Kier molecular flexibility index (Phi) is 5.39. The molecule has 0 unspecified atom stereocenters. The minimum absolute atomic E-state index is 0.186. The average molecular weight is 449 g/mol. The molecule has 1 amide bonds. The molecule has 0 spiro atoms. The Morgan fingerprint density at radius 1 is 1.00 bits per heavy atom. The summed E-state index contributed by atoms with van der Waals surface area (Å²) in [4.78, 5) is 21.2. The highest BCUT2D eigenvalue weighted by molar-refractivity contribution is 9.10. The Morgan fingerprint density at radius 3 is 2.45 bits per heavy atom. The van der Waals surface area contributed by atoms with Crippen molar-refractivity contribution in [2.45, 2.75) is 6.92 Å². The lowest BCUT2D eigenvalue weighted by molar-refractivity contribution is 0.102. The van der Waals surface area contributed by atoms with Crippen LogP contribution in [0.1, 0.15) is 16.2 Å². The lowest BCUT2D eigenvalue weighted by Gasteiger charge is -2.10. The van der Waals surface area contributed by atoms with Gasteiger partial charge in [-0.05, 0) is 71.4 Å². The van der Waals surface area contributed by atoms with E-state index in [1.165, 1.54) is 0 Å². The van der Waals surface area contributed by atoms with Crippen LogP contribution >= 0.6 is 15.9 Å². The summed E-state index contributed by atoms with van der Waals surface area (Å²) < 4.78 is 8.51. The molecule has 6 nitrogen and oxygen atoms in total. The number of aromatic nitrogens is 3. The first-order chi connectivity index (χ1) is 14.1. The zero-order chi connectivity index (χ0) is 20.2. The number of nitrogens with zero attached hydrogens (tertiary/aromatic N) is 3. The van der Waals surface area contributed by atoms with Gasteiger partial charge in [0.05, 0.1) is 5.56 Å². The predicted molar refractivity (Wildman–Crippen MR) is 115 cm³/mol. The van der Waals surface area contributed by atoms with Crippen molar-refractivity contribution in [1.29, 1.82) is 0 Å². The van der Waals surface area contributed by atoms with Gasteiger partial charge < -0.3 is 14.6 Å². The summed E-state index contributed by atoms with van der Waals surface area (Å²) in [6.45, 7) is 1.82. The second-order valence-corrected chi connectivity index (χ2v) is 7.12. The van der Waals surface area contributed by atoms with Crippen molar-refractivity contribution in [3.8, 4) is 17.4 Å². The number of ether oxygens (including phenoxy) is 1. The highest BCUT2D eigenvalue weighted by Crippen LogP contribution is 2.24. The second-order valence-electron chi connectivity index (χ2n) is 6.26. The van der Waals surface area contributed by atoms with Gasteiger partial charge >= 0.3 is 0 Å². The minimum Gasteiger partial charge on any atom is -0.439 e. The van der Waals surface area contributed by atoms with E-state index in [-0.39, 0.29) is 5.91 Å². The first-order valence-corrected chi connectivity index (χ1v) is 9.70. The van der Waals surface area contributed by atoms with Gasteiger partial charge in [0, 0.05) is 28.6 Å². The number of anilines is 1. The van der Waals surface area contributed by atoms with Gasteiger partial charge in [-0.2, -0.15) is 4.98 Å². The van der Waals surface area contributed by atoms with E-state index in [9.17, 15) is 4.79 Å². The SMILES string of the molecule is Cc1nc(Oc2ccc(NC(=O)c3ccccc3Br)cc2)cc(-n2cccc2)n1. The standard InChI is InChI=1S/C22H17BrN4O2/c1-15-24-20(27-12-4-5-13-27)14-21(25-15)29-17-10-8-16(9-11-17)26-22(28)18-6-2-3-7-19(18)23/h2-14H,1H3,(H,26,28). The van der Waals surface area contributed by atoms with Crippen LogP contribution in [0.25, 0.3) is 5.82 Å². The van der Waals surface area contributed by atoms with Gasteiger partial charge in [-0.1, -0.05) is 12.1 Å². The van der Waals surface area contributed by atoms with Crippen molar-refractivity contribution in [3.63, 3.8) is 0 Å². The fourth-order valence-corrected chi connectivity index (χ4v) is 3.23. The molecule has 4 rings (SSSR count). The normalized spacial score (nSPS) is 10.6. The quantitative estimate of drug-likeness (QED) is 0.444. The molecule has 0 saturated heterocycles. The van der Waals surface area contributed by atoms with Gasteiger partial charge in [-0.15, -0.1) is 0 Å². The fourth-order valence-electron chi connectivity index (χ4n) is 2.77. The molecule has 2 aromatic heterocycles. The van der Waals surface area contributed by atoms with Crippen molar-refractivity contribution < 1.29 is 9.53 Å². The number of carbonyl (C=O) groups excluding carboxylic acids is 1. The highest BCUT2D eigenvalue weighted by Gasteiger charge is 2.10. The third-order valence-electron chi connectivity index (χ3n) is 4.12. The highest BCUT2D eigenvalue weighted by atomic mass is 79.9. The van der Waals surface area contributed by atoms with Crippen LogP contribution in [0.3, 0.4) is 0 Å². The van der Waals surface area contributed by atoms with Crippen LogP contribution in [0.2, 0.25) is 0 Å². The molecule has 1 N–H and O–H groups in total. The zero-order valence-electron chi connectivity index (χ0n) is 15.5. The number of aryl methyl sites for hydroxylation is 1. The third kappa shape index (κ3) is 4.52. The number of rotatable bonds is 5. The molecular weight excluding hydrogens is 432 g/mol. The zero-order valence-corrected chi connectivity index (χ0v) is 17.1. The van der Waals surface area contributed by atoms with E-state index in [1.54, 1.807) is 36.4 Å². The van der Waals surface area contributed by atoms with Crippen LogP contribution in [0.5, 0.6) is 11.6 Å². The topological polar surface area (TPSA) is 69.0 Å². The van der Waals surface area contributed by atoms with Crippen molar-refractivity contribution in [3.05, 3.63) is 95.0 Å². The number of nitrogens with one attached hydrogen (secondary N) is 1. The van der Waals surface area contributed by atoms with Crippen LogP contribution in [0.15, 0.2) is 83.6 Å². The van der Waals surface area contributed by atoms with Crippen LogP contribution in [0.4, 0.5) is 5.69 Å². The van der Waals surface area contributed by atoms with Crippen molar-refractivity contribution in [2.75, 3.05) is 5.32 Å². The number of amides is 1. The predicted octanol–water partition coefficient (Wildman–Crippen LogP) is 5.38. The molecule has 0 bridgehead atoms. The van der Waals surface area contributed by atoms with Crippen molar-refractivity contribution in [2.24, 2.45) is 0 Å². The Bertz CT molecular complexity index is 1140. The second kappa shape index (κ2) is 8.28. The number of benzene rings is 2. The maximum Gasteiger partial charge on any atom is 0.256 e. The Labute approximate surface area is 176 Å². The van der Waals surface area contributed by atoms with Gasteiger partial charge in [0.15, 0.2) is 0 Å². The molecular formula is C22H17BrN4O2. The van der Waals surface area contributed by atoms with Gasteiger partial charge in [0.25, 0.3) is 5.91 Å². The lowest BCUT2D eigenvalue weighted by Crippen LogP contribution is -2.12. The lowest BCUT2D eigenvalue weighted by atomic mass is 10.2. The van der Waals surface area contributed by atoms with Crippen LogP contribution in [0, 0.1) is 6.92 Å². The molecule has 0 fully saturated rings. The molecule has 0 saturated carbocycles. The molecule has 2 heterocycles. The van der Waals surface area contributed by atoms with E-state index in [1.807, 2.05) is 54.2 Å². The van der Waals surface area contributed by atoms with E-state index in [2.05, 4.69) is 31.2 Å². The molecule has 2 aromatic carbocycles. The molecule has 0 aliphatic heterocycles. The van der Waals surface area contributed by atoms with Gasteiger partial charge in [0.2, 0.25) is 5.88 Å². The average Bonchev–Trinajstić information content (AvgIpc) is 3.24. The van der Waals surface area contributed by atoms with E-state index >= 15 is 0 Å². The summed E-state index contributed by atoms with van der Waals surface area (Å²) in [5, 5.41) is 2.87.